The maximum absolute atomic E-state index is 9.95. The molecule has 0 aromatic heterocycles. The van der Waals surface area contributed by atoms with Gasteiger partial charge in [-0.05, 0) is 35.9 Å². The molecule has 1 aliphatic rings. The summed E-state index contributed by atoms with van der Waals surface area (Å²) in [5.41, 5.74) is 5.33. The van der Waals surface area contributed by atoms with Crippen molar-refractivity contribution in [1.29, 1.82) is 0 Å². The smallest absolute Gasteiger partial charge is 0.160 e. The van der Waals surface area contributed by atoms with Gasteiger partial charge in [-0.2, -0.15) is 5.10 Å². The van der Waals surface area contributed by atoms with Crippen LogP contribution in [0.3, 0.4) is 0 Å². The first-order valence-corrected chi connectivity index (χ1v) is 7.14. The second kappa shape index (κ2) is 5.77. The lowest BCUT2D eigenvalue weighted by molar-refractivity contribution is 0.372. The Hall–Kier alpha value is -2.40. The fourth-order valence-corrected chi connectivity index (χ4v) is 2.63. The second-order valence-electron chi connectivity index (χ2n) is 5.04. The zero-order valence-electron chi connectivity index (χ0n) is 11.9. The number of hydrogen-bond donors (Lipinski definition) is 3. The van der Waals surface area contributed by atoms with Gasteiger partial charge in [0, 0.05) is 17.0 Å². The molecule has 0 bridgehead atoms. The van der Waals surface area contributed by atoms with Gasteiger partial charge in [0.25, 0.3) is 0 Å². The summed E-state index contributed by atoms with van der Waals surface area (Å²) < 4.78 is 5.12. The van der Waals surface area contributed by atoms with E-state index in [0.29, 0.717) is 22.8 Å². The van der Waals surface area contributed by atoms with Crippen molar-refractivity contribution in [2.24, 2.45) is 5.10 Å². The van der Waals surface area contributed by atoms with Crippen molar-refractivity contribution in [3.05, 3.63) is 52.5 Å². The first-order chi connectivity index (χ1) is 10.6. The summed E-state index contributed by atoms with van der Waals surface area (Å²) in [5.74, 6) is 0.658. The van der Waals surface area contributed by atoms with Crippen LogP contribution in [0.4, 0.5) is 0 Å². The van der Waals surface area contributed by atoms with E-state index in [9.17, 15) is 10.2 Å². The van der Waals surface area contributed by atoms with E-state index in [1.165, 1.54) is 7.11 Å². The Morgan fingerprint density at radius 2 is 1.95 bits per heavy atom. The molecule has 3 N–H and O–H groups in total. The van der Waals surface area contributed by atoms with Gasteiger partial charge in [0.15, 0.2) is 11.5 Å². The number of rotatable bonds is 3. The van der Waals surface area contributed by atoms with Crippen LogP contribution in [-0.4, -0.2) is 23.0 Å². The van der Waals surface area contributed by atoms with Gasteiger partial charge in [0.2, 0.25) is 0 Å². The predicted octanol–water partition coefficient (Wildman–Crippen LogP) is 3.20. The quantitative estimate of drug-likeness (QED) is 0.812. The zero-order valence-corrected chi connectivity index (χ0v) is 12.6. The number of phenols is 2. The molecule has 1 aliphatic heterocycles. The van der Waals surface area contributed by atoms with Gasteiger partial charge in [-0.3, -0.25) is 0 Å². The Labute approximate surface area is 132 Å². The van der Waals surface area contributed by atoms with E-state index in [1.807, 2.05) is 6.07 Å². The van der Waals surface area contributed by atoms with Gasteiger partial charge in [-0.1, -0.05) is 17.7 Å². The molecular formula is C16H15ClN2O3. The summed E-state index contributed by atoms with van der Waals surface area (Å²) >= 11 is 5.97. The maximum Gasteiger partial charge on any atom is 0.160 e. The Bertz CT molecular complexity index is 746. The number of aromatic hydroxyl groups is 2. The summed E-state index contributed by atoms with van der Waals surface area (Å²) in [6, 6.07) is 9.99. The largest absolute Gasteiger partial charge is 0.507 e. The van der Waals surface area contributed by atoms with E-state index in [2.05, 4.69) is 10.5 Å². The van der Waals surface area contributed by atoms with Gasteiger partial charge < -0.3 is 20.4 Å². The lowest BCUT2D eigenvalue weighted by Gasteiger charge is -2.12. The van der Waals surface area contributed by atoms with E-state index in [0.717, 1.165) is 11.3 Å². The van der Waals surface area contributed by atoms with Crippen molar-refractivity contribution < 1.29 is 14.9 Å². The van der Waals surface area contributed by atoms with Crippen LogP contribution in [0, 0.1) is 0 Å². The SMILES string of the molecule is COc1cc(C2CC(c3cc(Cl)ccc3O)=NN2)ccc1O. The Morgan fingerprint density at radius 3 is 2.73 bits per heavy atom. The molecule has 0 saturated carbocycles. The summed E-state index contributed by atoms with van der Waals surface area (Å²) in [7, 11) is 1.51. The predicted molar refractivity (Wildman–Crippen MR) is 84.8 cm³/mol. The standard InChI is InChI=1S/C16H15ClN2O3/c1-22-16-6-9(2-4-15(16)21)12-8-13(19-18-12)11-7-10(17)3-5-14(11)20/h2-7,12,18,20-21H,8H2,1H3. The van der Waals surface area contributed by atoms with Crippen molar-refractivity contribution in [2.75, 3.05) is 7.11 Å². The number of hydrogen-bond acceptors (Lipinski definition) is 5. The minimum atomic E-state index is -0.0529. The number of halogens is 1. The van der Waals surface area contributed by atoms with Gasteiger partial charge in [0.05, 0.1) is 18.9 Å². The molecule has 0 radical (unpaired) electrons. The zero-order chi connectivity index (χ0) is 15.7. The van der Waals surface area contributed by atoms with Crippen LogP contribution >= 0.6 is 11.6 Å². The first-order valence-electron chi connectivity index (χ1n) is 6.76. The average Bonchev–Trinajstić information content (AvgIpc) is 3.00. The minimum absolute atomic E-state index is 0.0529. The van der Waals surface area contributed by atoms with Crippen LogP contribution < -0.4 is 10.2 Å². The molecule has 3 rings (SSSR count). The third-order valence-electron chi connectivity index (χ3n) is 3.63. The summed E-state index contributed by atoms with van der Waals surface area (Å²) in [4.78, 5) is 0. The van der Waals surface area contributed by atoms with Gasteiger partial charge in [-0.25, -0.2) is 0 Å². The number of phenolic OH excluding ortho intramolecular Hbond substituents is 2. The molecule has 5 nitrogen and oxygen atoms in total. The molecule has 0 spiro atoms. The fraction of sp³-hybridized carbons (Fsp3) is 0.188. The van der Waals surface area contributed by atoms with Crippen LogP contribution in [0.15, 0.2) is 41.5 Å². The highest BCUT2D eigenvalue weighted by atomic mass is 35.5. The minimum Gasteiger partial charge on any atom is -0.507 e. The first kappa shape index (κ1) is 14.5. The maximum atomic E-state index is 9.95. The lowest BCUT2D eigenvalue weighted by atomic mass is 9.98. The van der Waals surface area contributed by atoms with Crippen LogP contribution in [0.2, 0.25) is 5.02 Å². The van der Waals surface area contributed by atoms with Gasteiger partial charge in [0.1, 0.15) is 5.75 Å². The van der Waals surface area contributed by atoms with Crippen LogP contribution in [0.25, 0.3) is 0 Å². The highest BCUT2D eigenvalue weighted by molar-refractivity contribution is 6.31. The topological polar surface area (TPSA) is 74.1 Å². The molecule has 2 aromatic rings. The number of benzene rings is 2. The summed E-state index contributed by atoms with van der Waals surface area (Å²) in [6.45, 7) is 0. The highest BCUT2D eigenvalue weighted by Gasteiger charge is 2.24. The molecule has 0 fully saturated rings. The van der Waals surface area contributed by atoms with Crippen LogP contribution in [0.5, 0.6) is 17.2 Å². The van der Waals surface area contributed by atoms with E-state index in [4.69, 9.17) is 16.3 Å². The second-order valence-corrected chi connectivity index (χ2v) is 5.47. The monoisotopic (exact) mass is 318 g/mol. The highest BCUT2D eigenvalue weighted by Crippen LogP contribution is 2.33. The fourth-order valence-electron chi connectivity index (χ4n) is 2.45. The molecule has 2 aromatic carbocycles. The Balaban J connectivity index is 1.83. The number of hydrazone groups is 1. The number of nitrogens with zero attached hydrogens (tertiary/aromatic N) is 1. The molecular weight excluding hydrogens is 304 g/mol. The normalized spacial score (nSPS) is 17.0. The van der Waals surface area contributed by atoms with Crippen LogP contribution in [-0.2, 0) is 0 Å². The third kappa shape index (κ3) is 2.67. The number of methoxy groups -OCH3 is 1. The van der Waals surface area contributed by atoms with E-state index in [-0.39, 0.29) is 17.5 Å². The molecule has 1 unspecified atom stereocenters. The summed E-state index contributed by atoms with van der Waals surface area (Å²) in [5, 5.41) is 24.4. The van der Waals surface area contributed by atoms with Crippen molar-refractivity contribution in [1.82, 2.24) is 5.43 Å². The average molecular weight is 319 g/mol. The molecule has 6 heteroatoms. The molecule has 0 saturated heterocycles. The molecule has 0 amide bonds. The number of ether oxygens (including phenoxy) is 1. The molecule has 114 valence electrons. The van der Waals surface area contributed by atoms with Gasteiger partial charge >= 0.3 is 0 Å². The Kier molecular flexibility index (Phi) is 3.81. The van der Waals surface area contributed by atoms with Crippen molar-refractivity contribution in [3.63, 3.8) is 0 Å². The van der Waals surface area contributed by atoms with Gasteiger partial charge in [-0.15, -0.1) is 0 Å². The van der Waals surface area contributed by atoms with Crippen molar-refractivity contribution >= 4 is 17.3 Å². The third-order valence-corrected chi connectivity index (χ3v) is 3.86. The summed E-state index contributed by atoms with van der Waals surface area (Å²) in [6.07, 6.45) is 0.599. The molecule has 22 heavy (non-hydrogen) atoms. The molecule has 1 heterocycles. The number of nitrogens with one attached hydrogen (secondary N) is 1. The Morgan fingerprint density at radius 1 is 1.18 bits per heavy atom. The van der Waals surface area contributed by atoms with Crippen molar-refractivity contribution in [2.45, 2.75) is 12.5 Å². The van der Waals surface area contributed by atoms with Crippen molar-refractivity contribution in [3.8, 4) is 17.2 Å². The van der Waals surface area contributed by atoms with E-state index >= 15 is 0 Å². The van der Waals surface area contributed by atoms with E-state index in [1.54, 1.807) is 30.3 Å². The van der Waals surface area contributed by atoms with Crippen LogP contribution in [0.1, 0.15) is 23.6 Å². The molecule has 0 aliphatic carbocycles. The lowest BCUT2D eigenvalue weighted by Crippen LogP contribution is -2.10. The molecule has 1 atom stereocenters. The van der Waals surface area contributed by atoms with E-state index < -0.39 is 0 Å².